The van der Waals surface area contributed by atoms with Gasteiger partial charge in [-0.05, 0) is 29.8 Å². The fourth-order valence-corrected chi connectivity index (χ4v) is 2.98. The Bertz CT molecular complexity index is 832. The van der Waals surface area contributed by atoms with Crippen LogP contribution in [-0.2, 0) is 4.74 Å². The van der Waals surface area contributed by atoms with Gasteiger partial charge in [-0.2, -0.15) is 5.10 Å². The molecule has 126 valence electrons. The van der Waals surface area contributed by atoms with E-state index < -0.39 is 0 Å². The number of hydrogen-bond donors (Lipinski definition) is 0. The molecule has 1 aromatic heterocycles. The van der Waals surface area contributed by atoms with Crippen molar-refractivity contribution in [2.45, 2.75) is 6.10 Å². The van der Waals surface area contributed by atoms with Crippen molar-refractivity contribution in [2.75, 3.05) is 19.7 Å². The van der Waals surface area contributed by atoms with E-state index in [1.165, 1.54) is 6.33 Å². The molecule has 4 rings (SSSR count). The maximum absolute atomic E-state index is 12.8. The second-order valence-corrected chi connectivity index (χ2v) is 5.91. The molecule has 1 aliphatic heterocycles. The summed E-state index contributed by atoms with van der Waals surface area (Å²) >= 11 is 0. The quantitative estimate of drug-likeness (QED) is 0.738. The molecular weight excluding hydrogens is 316 g/mol. The van der Waals surface area contributed by atoms with E-state index in [0.29, 0.717) is 25.3 Å². The van der Waals surface area contributed by atoms with Crippen molar-refractivity contribution >= 4 is 5.91 Å². The third-order valence-corrected chi connectivity index (χ3v) is 4.32. The first-order chi connectivity index (χ1) is 12.3. The molecule has 6 nitrogen and oxygen atoms in total. The van der Waals surface area contributed by atoms with E-state index in [9.17, 15) is 4.79 Å². The molecule has 1 atom stereocenters. The lowest BCUT2D eigenvalue weighted by atomic mass is 10.1. The van der Waals surface area contributed by atoms with Crippen molar-refractivity contribution in [2.24, 2.45) is 0 Å². The summed E-state index contributed by atoms with van der Waals surface area (Å²) < 4.78 is 7.50. The van der Waals surface area contributed by atoms with E-state index in [4.69, 9.17) is 4.74 Å². The fourth-order valence-electron chi connectivity index (χ4n) is 2.98. The van der Waals surface area contributed by atoms with Gasteiger partial charge in [-0.25, -0.2) is 9.67 Å². The Hall–Kier alpha value is -2.99. The molecule has 0 aliphatic carbocycles. The number of hydrogen-bond acceptors (Lipinski definition) is 4. The van der Waals surface area contributed by atoms with Gasteiger partial charge in [-0.15, -0.1) is 0 Å². The molecule has 0 bridgehead atoms. The molecule has 0 spiro atoms. The molecule has 3 aromatic rings. The van der Waals surface area contributed by atoms with Crippen molar-refractivity contribution in [3.05, 3.63) is 78.4 Å². The lowest BCUT2D eigenvalue weighted by Gasteiger charge is -2.33. The number of carbonyl (C=O) groups excluding carboxylic acids is 1. The monoisotopic (exact) mass is 334 g/mol. The number of benzene rings is 2. The van der Waals surface area contributed by atoms with Crippen molar-refractivity contribution in [3.63, 3.8) is 0 Å². The van der Waals surface area contributed by atoms with E-state index in [1.54, 1.807) is 11.0 Å². The maximum atomic E-state index is 12.8. The van der Waals surface area contributed by atoms with Crippen LogP contribution in [0.15, 0.2) is 67.3 Å². The van der Waals surface area contributed by atoms with E-state index >= 15 is 0 Å². The number of rotatable bonds is 3. The summed E-state index contributed by atoms with van der Waals surface area (Å²) in [7, 11) is 0. The van der Waals surface area contributed by atoms with Crippen LogP contribution in [0.25, 0.3) is 5.69 Å². The molecule has 0 N–H and O–H groups in total. The van der Waals surface area contributed by atoms with Crippen LogP contribution in [0, 0.1) is 0 Å². The zero-order valence-electron chi connectivity index (χ0n) is 13.7. The van der Waals surface area contributed by atoms with Crippen LogP contribution in [-0.4, -0.2) is 45.3 Å². The van der Waals surface area contributed by atoms with Crippen LogP contribution < -0.4 is 0 Å². The van der Waals surface area contributed by atoms with Crippen molar-refractivity contribution in [1.29, 1.82) is 0 Å². The minimum Gasteiger partial charge on any atom is -0.370 e. The summed E-state index contributed by atoms with van der Waals surface area (Å²) in [5.41, 5.74) is 2.64. The molecule has 6 heteroatoms. The Morgan fingerprint density at radius 1 is 1.08 bits per heavy atom. The zero-order valence-corrected chi connectivity index (χ0v) is 13.7. The van der Waals surface area contributed by atoms with Crippen molar-refractivity contribution in [1.82, 2.24) is 19.7 Å². The molecule has 1 saturated heterocycles. The highest BCUT2D eigenvalue weighted by molar-refractivity contribution is 5.94. The third-order valence-electron chi connectivity index (χ3n) is 4.32. The van der Waals surface area contributed by atoms with Gasteiger partial charge in [-0.3, -0.25) is 4.79 Å². The first-order valence-corrected chi connectivity index (χ1v) is 8.22. The molecule has 2 heterocycles. The first-order valence-electron chi connectivity index (χ1n) is 8.22. The largest absolute Gasteiger partial charge is 0.370 e. The Kier molecular flexibility index (Phi) is 4.26. The van der Waals surface area contributed by atoms with Gasteiger partial charge in [0.2, 0.25) is 0 Å². The molecule has 2 aromatic carbocycles. The number of carbonyl (C=O) groups is 1. The van der Waals surface area contributed by atoms with Crippen LogP contribution in [0.3, 0.4) is 0 Å². The second-order valence-electron chi connectivity index (χ2n) is 5.91. The molecule has 1 aliphatic rings. The highest BCUT2D eigenvalue weighted by Crippen LogP contribution is 2.23. The van der Waals surface area contributed by atoms with E-state index in [1.807, 2.05) is 59.5 Å². The number of amides is 1. The lowest BCUT2D eigenvalue weighted by Crippen LogP contribution is -2.42. The summed E-state index contributed by atoms with van der Waals surface area (Å²) in [5.74, 6) is 0.0226. The summed E-state index contributed by atoms with van der Waals surface area (Å²) in [6, 6.07) is 17.4. The van der Waals surface area contributed by atoms with Crippen LogP contribution >= 0.6 is 0 Å². The second kappa shape index (κ2) is 6.86. The molecule has 1 fully saturated rings. The van der Waals surface area contributed by atoms with Crippen LogP contribution in [0.5, 0.6) is 0 Å². The summed E-state index contributed by atoms with van der Waals surface area (Å²) in [5, 5.41) is 4.09. The van der Waals surface area contributed by atoms with Gasteiger partial charge in [0.25, 0.3) is 5.91 Å². The predicted molar refractivity (Wildman–Crippen MR) is 92.4 cm³/mol. The molecule has 25 heavy (non-hydrogen) atoms. The van der Waals surface area contributed by atoms with Gasteiger partial charge >= 0.3 is 0 Å². The molecule has 0 saturated carbocycles. The summed E-state index contributed by atoms with van der Waals surface area (Å²) in [4.78, 5) is 18.6. The highest BCUT2D eigenvalue weighted by atomic mass is 16.5. The Morgan fingerprint density at radius 2 is 1.88 bits per heavy atom. The standard InChI is InChI=1S/C19H18N4O2/c24-19(16-6-8-17(9-7-16)23-14-20-13-21-23)22-10-11-25-18(12-22)15-4-2-1-3-5-15/h1-9,13-14,18H,10-12H2. The Balaban J connectivity index is 1.48. The number of aromatic nitrogens is 3. The fraction of sp³-hybridized carbons (Fsp3) is 0.211. The van der Waals surface area contributed by atoms with Crippen molar-refractivity contribution < 1.29 is 9.53 Å². The number of nitrogens with zero attached hydrogens (tertiary/aromatic N) is 4. The first kappa shape index (κ1) is 15.5. The average Bonchev–Trinajstić information content (AvgIpc) is 3.23. The Labute approximate surface area is 145 Å². The maximum Gasteiger partial charge on any atom is 0.254 e. The molecule has 1 amide bonds. The van der Waals surface area contributed by atoms with Gasteiger partial charge in [0, 0.05) is 12.1 Å². The topological polar surface area (TPSA) is 60.2 Å². The summed E-state index contributed by atoms with van der Waals surface area (Å²) in [6.07, 6.45) is 3.04. The minimum absolute atomic E-state index is 0.0226. The molecule has 0 radical (unpaired) electrons. The molecular formula is C19H18N4O2. The van der Waals surface area contributed by atoms with Crippen molar-refractivity contribution in [3.8, 4) is 5.69 Å². The van der Waals surface area contributed by atoms with Gasteiger partial charge in [0.1, 0.15) is 18.8 Å². The van der Waals surface area contributed by atoms with E-state index in [0.717, 1.165) is 11.3 Å². The molecule has 1 unspecified atom stereocenters. The van der Waals surface area contributed by atoms with E-state index in [-0.39, 0.29) is 12.0 Å². The minimum atomic E-state index is -0.0756. The number of morpholine rings is 1. The van der Waals surface area contributed by atoms with Gasteiger partial charge in [0.15, 0.2) is 0 Å². The van der Waals surface area contributed by atoms with Crippen LogP contribution in [0.1, 0.15) is 22.0 Å². The average molecular weight is 334 g/mol. The van der Waals surface area contributed by atoms with Gasteiger partial charge in [0.05, 0.1) is 18.8 Å². The smallest absolute Gasteiger partial charge is 0.254 e. The SMILES string of the molecule is O=C(c1ccc(-n2cncn2)cc1)N1CCOC(c2ccccc2)C1. The van der Waals surface area contributed by atoms with Gasteiger partial charge < -0.3 is 9.64 Å². The van der Waals surface area contributed by atoms with Crippen LogP contribution in [0.4, 0.5) is 0 Å². The van der Waals surface area contributed by atoms with Gasteiger partial charge in [-0.1, -0.05) is 30.3 Å². The van der Waals surface area contributed by atoms with Crippen LogP contribution in [0.2, 0.25) is 0 Å². The predicted octanol–water partition coefficient (Wildman–Crippen LogP) is 2.48. The van der Waals surface area contributed by atoms with E-state index in [2.05, 4.69) is 10.1 Å². The summed E-state index contributed by atoms with van der Waals surface area (Å²) in [6.45, 7) is 1.71. The normalized spacial score (nSPS) is 17.4. The highest BCUT2D eigenvalue weighted by Gasteiger charge is 2.26. The zero-order chi connectivity index (χ0) is 17.1. The third kappa shape index (κ3) is 3.29. The number of ether oxygens (including phenoxy) is 1. The Morgan fingerprint density at radius 3 is 2.60 bits per heavy atom. The lowest BCUT2D eigenvalue weighted by molar-refractivity contribution is -0.0228.